The van der Waals surface area contributed by atoms with Crippen LogP contribution in [0, 0.1) is 10.1 Å². The average Bonchev–Trinajstić information content (AvgIpc) is 2.61. The van der Waals surface area contributed by atoms with Crippen molar-refractivity contribution in [3.8, 4) is 0 Å². The maximum atomic E-state index is 10.7. The van der Waals surface area contributed by atoms with Crippen LogP contribution in [0.1, 0.15) is 19.4 Å². The molecule has 0 aliphatic carbocycles. The molecule has 128 valence electrons. The molecule has 6 heteroatoms. The van der Waals surface area contributed by atoms with E-state index in [0.29, 0.717) is 11.9 Å². The van der Waals surface area contributed by atoms with Gasteiger partial charge in [-0.05, 0) is 31.1 Å². The zero-order chi connectivity index (χ0) is 17.4. The highest BCUT2D eigenvalue weighted by Gasteiger charge is 2.16. The van der Waals surface area contributed by atoms with E-state index in [1.807, 2.05) is 6.07 Å². The molecule has 0 spiro atoms. The number of nitro groups is 1. The van der Waals surface area contributed by atoms with Gasteiger partial charge < -0.3 is 5.32 Å². The van der Waals surface area contributed by atoms with Crippen LogP contribution in [0.2, 0.25) is 0 Å². The molecule has 0 unspecified atom stereocenters. The highest BCUT2D eigenvalue weighted by Crippen LogP contribution is 2.14. The molecule has 2 rings (SSSR count). The molecule has 0 amide bonds. The minimum Gasteiger partial charge on any atom is -0.368 e. The summed E-state index contributed by atoms with van der Waals surface area (Å²) < 4.78 is 0. The first-order valence-electron chi connectivity index (χ1n) is 8.26. The minimum absolute atomic E-state index is 0.00475. The summed E-state index contributed by atoms with van der Waals surface area (Å²) in [5, 5.41) is 14.0. The lowest BCUT2D eigenvalue weighted by molar-refractivity contribution is -0.385. The summed E-state index contributed by atoms with van der Waals surface area (Å²) in [4.78, 5) is 16.8. The van der Waals surface area contributed by atoms with Gasteiger partial charge in [-0.25, -0.2) is 4.98 Å². The molecular formula is C18H24N4O2. The predicted octanol–water partition coefficient (Wildman–Crippen LogP) is 3.35. The van der Waals surface area contributed by atoms with Crippen LogP contribution in [-0.4, -0.2) is 40.5 Å². The smallest absolute Gasteiger partial charge is 0.287 e. The number of hydrogen-bond acceptors (Lipinski definition) is 5. The first-order chi connectivity index (χ1) is 11.6. The molecule has 0 saturated heterocycles. The zero-order valence-corrected chi connectivity index (χ0v) is 14.2. The second-order valence-electron chi connectivity index (χ2n) is 5.60. The fraction of sp³-hybridized carbons (Fsp3) is 0.389. The van der Waals surface area contributed by atoms with E-state index in [1.165, 1.54) is 17.8 Å². The Balaban J connectivity index is 2.03. The number of anilines is 1. The molecule has 0 radical (unpaired) electrons. The topological polar surface area (TPSA) is 71.3 Å². The zero-order valence-electron chi connectivity index (χ0n) is 14.2. The van der Waals surface area contributed by atoms with E-state index in [9.17, 15) is 10.1 Å². The molecular weight excluding hydrogens is 304 g/mol. The molecule has 1 aromatic carbocycles. The average molecular weight is 328 g/mol. The van der Waals surface area contributed by atoms with E-state index in [-0.39, 0.29) is 5.69 Å². The lowest BCUT2D eigenvalue weighted by atomic mass is 10.0. The van der Waals surface area contributed by atoms with Crippen LogP contribution < -0.4 is 5.32 Å². The second-order valence-corrected chi connectivity index (χ2v) is 5.60. The van der Waals surface area contributed by atoms with Crippen molar-refractivity contribution in [3.63, 3.8) is 0 Å². The summed E-state index contributed by atoms with van der Waals surface area (Å²) in [6.07, 6.45) is 2.23. The Morgan fingerprint density at radius 2 is 1.88 bits per heavy atom. The second kappa shape index (κ2) is 8.98. The number of likely N-dealkylation sites (N-methyl/N-ethyl adjacent to an activating group) is 1. The van der Waals surface area contributed by atoms with Crippen LogP contribution in [0.5, 0.6) is 0 Å². The van der Waals surface area contributed by atoms with Crippen molar-refractivity contribution in [1.82, 2.24) is 9.88 Å². The molecule has 1 aromatic heterocycles. The van der Waals surface area contributed by atoms with Crippen molar-refractivity contribution in [1.29, 1.82) is 0 Å². The molecule has 1 atom stereocenters. The number of rotatable bonds is 9. The van der Waals surface area contributed by atoms with Gasteiger partial charge in [-0.3, -0.25) is 15.0 Å². The first kappa shape index (κ1) is 17.9. The third-order valence-corrected chi connectivity index (χ3v) is 4.12. The molecule has 0 aliphatic rings. The van der Waals surface area contributed by atoms with Crippen LogP contribution in [0.25, 0.3) is 0 Å². The Kier molecular flexibility index (Phi) is 6.69. The molecule has 0 bridgehead atoms. The van der Waals surface area contributed by atoms with Gasteiger partial charge in [0.25, 0.3) is 5.69 Å². The summed E-state index contributed by atoms with van der Waals surface area (Å²) >= 11 is 0. The maximum Gasteiger partial charge on any atom is 0.287 e. The van der Waals surface area contributed by atoms with Gasteiger partial charge >= 0.3 is 0 Å². The van der Waals surface area contributed by atoms with Crippen molar-refractivity contribution in [3.05, 3.63) is 64.3 Å². The van der Waals surface area contributed by atoms with E-state index < -0.39 is 4.92 Å². The van der Waals surface area contributed by atoms with Crippen LogP contribution >= 0.6 is 0 Å². The Hall–Kier alpha value is -2.47. The molecule has 2 aromatic rings. The monoisotopic (exact) mass is 328 g/mol. The summed E-state index contributed by atoms with van der Waals surface area (Å²) in [6, 6.07) is 13.9. The molecule has 1 N–H and O–H groups in total. The normalized spacial score (nSPS) is 12.1. The van der Waals surface area contributed by atoms with E-state index in [1.54, 1.807) is 6.07 Å². The van der Waals surface area contributed by atoms with Crippen molar-refractivity contribution in [2.45, 2.75) is 26.3 Å². The van der Waals surface area contributed by atoms with Gasteiger partial charge in [-0.1, -0.05) is 44.2 Å². The maximum absolute atomic E-state index is 10.7. The van der Waals surface area contributed by atoms with E-state index in [2.05, 4.69) is 53.3 Å². The predicted molar refractivity (Wildman–Crippen MR) is 96.2 cm³/mol. The van der Waals surface area contributed by atoms with Gasteiger partial charge in [0.1, 0.15) is 12.0 Å². The number of aromatic nitrogens is 1. The quantitative estimate of drug-likeness (QED) is 0.564. The number of nitrogens with zero attached hydrogens (tertiary/aromatic N) is 3. The standard InChI is InChI=1S/C18H24N4O2/c1-3-21(4-2)17(12-15-8-6-5-7-9-15)14-20-18-11-10-16(13-19-18)22(23)24/h5-11,13,17H,3-4,12,14H2,1-2H3,(H,19,20)/t17-/m0/s1. The van der Waals surface area contributed by atoms with Gasteiger partial charge in [0, 0.05) is 18.7 Å². The van der Waals surface area contributed by atoms with Crippen molar-refractivity contribution in [2.75, 3.05) is 25.0 Å². The van der Waals surface area contributed by atoms with Crippen LogP contribution in [0.3, 0.4) is 0 Å². The van der Waals surface area contributed by atoms with Crippen molar-refractivity contribution >= 4 is 11.5 Å². The minimum atomic E-state index is -0.440. The van der Waals surface area contributed by atoms with Gasteiger partial charge in [-0.2, -0.15) is 0 Å². The molecule has 0 aliphatic heterocycles. The van der Waals surface area contributed by atoms with Crippen LogP contribution in [0.15, 0.2) is 48.7 Å². The number of nitrogens with one attached hydrogen (secondary N) is 1. The Bertz CT molecular complexity index is 627. The van der Waals surface area contributed by atoms with Gasteiger partial charge in [-0.15, -0.1) is 0 Å². The number of pyridine rings is 1. The Morgan fingerprint density at radius 3 is 2.42 bits per heavy atom. The number of benzene rings is 1. The highest BCUT2D eigenvalue weighted by molar-refractivity contribution is 5.40. The van der Waals surface area contributed by atoms with E-state index in [4.69, 9.17) is 0 Å². The lowest BCUT2D eigenvalue weighted by Gasteiger charge is -2.30. The van der Waals surface area contributed by atoms with Crippen molar-refractivity contribution < 1.29 is 4.92 Å². The van der Waals surface area contributed by atoms with Crippen LogP contribution in [-0.2, 0) is 6.42 Å². The first-order valence-corrected chi connectivity index (χ1v) is 8.26. The summed E-state index contributed by atoms with van der Waals surface area (Å²) in [6.45, 7) is 7.01. The Morgan fingerprint density at radius 1 is 1.17 bits per heavy atom. The van der Waals surface area contributed by atoms with Gasteiger partial charge in [0.15, 0.2) is 0 Å². The van der Waals surface area contributed by atoms with Gasteiger partial charge in [0.05, 0.1) is 4.92 Å². The summed E-state index contributed by atoms with van der Waals surface area (Å²) in [5.41, 5.74) is 1.30. The summed E-state index contributed by atoms with van der Waals surface area (Å²) in [7, 11) is 0. The summed E-state index contributed by atoms with van der Waals surface area (Å²) in [5.74, 6) is 0.658. The van der Waals surface area contributed by atoms with Crippen molar-refractivity contribution in [2.24, 2.45) is 0 Å². The molecule has 0 saturated carbocycles. The van der Waals surface area contributed by atoms with Gasteiger partial charge in [0.2, 0.25) is 0 Å². The molecule has 6 nitrogen and oxygen atoms in total. The number of hydrogen-bond donors (Lipinski definition) is 1. The molecule has 24 heavy (non-hydrogen) atoms. The van der Waals surface area contributed by atoms with Crippen LogP contribution in [0.4, 0.5) is 11.5 Å². The highest BCUT2D eigenvalue weighted by atomic mass is 16.6. The molecule has 0 fully saturated rings. The molecule has 1 heterocycles. The van der Waals surface area contributed by atoms with E-state index in [0.717, 1.165) is 26.1 Å². The largest absolute Gasteiger partial charge is 0.368 e. The fourth-order valence-electron chi connectivity index (χ4n) is 2.78. The third-order valence-electron chi connectivity index (χ3n) is 4.12. The van der Waals surface area contributed by atoms with E-state index >= 15 is 0 Å². The SMILES string of the molecule is CCN(CC)[C@H](CNc1ccc([N+](=O)[O-])cn1)Cc1ccccc1. The third kappa shape index (κ3) is 5.03. The Labute approximate surface area is 142 Å². The fourth-order valence-corrected chi connectivity index (χ4v) is 2.78. The lowest BCUT2D eigenvalue weighted by Crippen LogP contribution is -2.41.